The summed E-state index contributed by atoms with van der Waals surface area (Å²) in [5, 5.41) is 9.29. The Labute approximate surface area is 156 Å². The molecule has 0 unspecified atom stereocenters. The lowest BCUT2D eigenvalue weighted by molar-refractivity contribution is -0.135. The number of pyridine rings is 1. The van der Waals surface area contributed by atoms with Crippen LogP contribution in [0, 0.1) is 5.92 Å². The van der Waals surface area contributed by atoms with Crippen molar-refractivity contribution in [1.29, 1.82) is 0 Å². The first-order valence-electron chi connectivity index (χ1n) is 9.17. The lowest BCUT2D eigenvalue weighted by Gasteiger charge is -2.46. The zero-order chi connectivity index (χ0) is 18.4. The van der Waals surface area contributed by atoms with Crippen molar-refractivity contribution in [2.24, 2.45) is 13.0 Å². The molecule has 0 atom stereocenters. The SMILES string of the molecule is Cn1cc(-c2ccc3cnc(NC(=O)C4CN(C5COC5)C4)cc3c2)cn1. The van der Waals surface area contributed by atoms with Crippen LogP contribution >= 0.6 is 0 Å². The van der Waals surface area contributed by atoms with Crippen molar-refractivity contribution < 1.29 is 9.53 Å². The normalized spacial score (nSPS) is 18.3. The first kappa shape index (κ1) is 16.4. The van der Waals surface area contributed by atoms with E-state index in [1.807, 2.05) is 31.6 Å². The Morgan fingerprint density at radius 2 is 2.00 bits per heavy atom. The molecule has 4 heterocycles. The van der Waals surface area contributed by atoms with E-state index in [0.29, 0.717) is 11.9 Å². The van der Waals surface area contributed by atoms with Crippen LogP contribution in [-0.4, -0.2) is 57.9 Å². The second kappa shape index (κ2) is 6.44. The van der Waals surface area contributed by atoms with Gasteiger partial charge in [-0.15, -0.1) is 0 Å². The van der Waals surface area contributed by atoms with Gasteiger partial charge in [-0.1, -0.05) is 12.1 Å². The molecule has 1 aromatic carbocycles. The monoisotopic (exact) mass is 363 g/mol. The number of benzene rings is 1. The van der Waals surface area contributed by atoms with Gasteiger partial charge in [0.05, 0.1) is 31.4 Å². The van der Waals surface area contributed by atoms with Crippen molar-refractivity contribution in [3.63, 3.8) is 0 Å². The molecule has 7 nitrogen and oxygen atoms in total. The van der Waals surface area contributed by atoms with Crippen LogP contribution in [0.3, 0.4) is 0 Å². The van der Waals surface area contributed by atoms with Crippen molar-refractivity contribution in [2.75, 3.05) is 31.6 Å². The van der Waals surface area contributed by atoms with Crippen molar-refractivity contribution in [2.45, 2.75) is 6.04 Å². The zero-order valence-electron chi connectivity index (χ0n) is 15.1. The highest BCUT2D eigenvalue weighted by Gasteiger charge is 2.39. The van der Waals surface area contributed by atoms with Gasteiger partial charge in [0.2, 0.25) is 5.91 Å². The Morgan fingerprint density at radius 1 is 1.15 bits per heavy atom. The number of likely N-dealkylation sites (tertiary alicyclic amines) is 1. The molecule has 1 amide bonds. The number of fused-ring (bicyclic) bond motifs is 1. The number of ether oxygens (including phenoxy) is 1. The number of anilines is 1. The van der Waals surface area contributed by atoms with Crippen LogP contribution in [0.5, 0.6) is 0 Å². The van der Waals surface area contributed by atoms with Crippen LogP contribution in [0.2, 0.25) is 0 Å². The molecule has 0 radical (unpaired) electrons. The molecule has 2 aromatic heterocycles. The van der Waals surface area contributed by atoms with E-state index < -0.39 is 0 Å². The zero-order valence-corrected chi connectivity index (χ0v) is 15.1. The largest absolute Gasteiger partial charge is 0.378 e. The molecule has 2 saturated heterocycles. The molecule has 3 aromatic rings. The smallest absolute Gasteiger partial charge is 0.231 e. The molecule has 27 heavy (non-hydrogen) atoms. The number of nitrogens with zero attached hydrogens (tertiary/aromatic N) is 4. The van der Waals surface area contributed by atoms with Gasteiger partial charge >= 0.3 is 0 Å². The van der Waals surface area contributed by atoms with Gasteiger partial charge in [0.15, 0.2) is 0 Å². The standard InChI is InChI=1S/C20H21N5O2/c1-24-8-16(7-22-24)13-2-3-14-6-21-19(5-15(14)4-13)23-20(26)17-9-25(10-17)18-11-27-12-18/h2-8,17-18H,9-12H2,1H3,(H,21,23,26). The number of rotatable bonds is 4. The highest BCUT2D eigenvalue weighted by Crippen LogP contribution is 2.26. The summed E-state index contributed by atoms with van der Waals surface area (Å²) in [5.74, 6) is 0.674. The summed E-state index contributed by atoms with van der Waals surface area (Å²) in [6.07, 6.45) is 5.64. The van der Waals surface area contributed by atoms with E-state index in [0.717, 1.165) is 48.2 Å². The van der Waals surface area contributed by atoms with Gasteiger partial charge in [-0.05, 0) is 23.1 Å². The van der Waals surface area contributed by atoms with Gasteiger partial charge < -0.3 is 10.1 Å². The van der Waals surface area contributed by atoms with Gasteiger partial charge in [-0.25, -0.2) is 4.98 Å². The van der Waals surface area contributed by atoms with Crippen molar-refractivity contribution in [3.05, 3.63) is 42.9 Å². The molecule has 0 bridgehead atoms. The molecule has 2 aliphatic heterocycles. The number of carbonyl (C=O) groups excluding carboxylic acids is 1. The quantitative estimate of drug-likeness (QED) is 0.767. The third-order valence-corrected chi connectivity index (χ3v) is 5.43. The Hall–Kier alpha value is -2.77. The molecule has 7 heteroatoms. The topological polar surface area (TPSA) is 72.3 Å². The van der Waals surface area contributed by atoms with E-state index >= 15 is 0 Å². The van der Waals surface area contributed by atoms with E-state index in [9.17, 15) is 4.79 Å². The van der Waals surface area contributed by atoms with E-state index in [1.165, 1.54) is 0 Å². The van der Waals surface area contributed by atoms with Gasteiger partial charge in [-0.3, -0.25) is 14.4 Å². The number of aryl methyl sites for hydroxylation is 1. The summed E-state index contributed by atoms with van der Waals surface area (Å²) < 4.78 is 7.00. The van der Waals surface area contributed by atoms with E-state index in [1.54, 1.807) is 10.9 Å². The van der Waals surface area contributed by atoms with Gasteiger partial charge in [-0.2, -0.15) is 5.10 Å². The number of aromatic nitrogens is 3. The van der Waals surface area contributed by atoms with Crippen molar-refractivity contribution >= 4 is 22.5 Å². The molecule has 1 N–H and O–H groups in total. The fourth-order valence-electron chi connectivity index (χ4n) is 3.60. The second-order valence-corrected chi connectivity index (χ2v) is 7.37. The second-order valence-electron chi connectivity index (χ2n) is 7.37. The summed E-state index contributed by atoms with van der Waals surface area (Å²) in [5.41, 5.74) is 2.16. The summed E-state index contributed by atoms with van der Waals surface area (Å²) in [6, 6.07) is 8.64. The summed E-state index contributed by atoms with van der Waals surface area (Å²) >= 11 is 0. The fraction of sp³-hybridized carbons (Fsp3) is 0.350. The number of nitrogens with one attached hydrogen (secondary N) is 1. The minimum atomic E-state index is 0.0322. The van der Waals surface area contributed by atoms with Crippen LogP contribution in [0.25, 0.3) is 21.9 Å². The highest BCUT2D eigenvalue weighted by atomic mass is 16.5. The van der Waals surface area contributed by atoms with Crippen LogP contribution in [0.1, 0.15) is 0 Å². The number of hydrogen-bond acceptors (Lipinski definition) is 5. The molecule has 2 aliphatic rings. The molecule has 0 aliphatic carbocycles. The van der Waals surface area contributed by atoms with Crippen LogP contribution in [0.4, 0.5) is 5.82 Å². The van der Waals surface area contributed by atoms with Gasteiger partial charge in [0.1, 0.15) is 5.82 Å². The lowest BCUT2D eigenvalue weighted by Crippen LogP contribution is -2.61. The van der Waals surface area contributed by atoms with Crippen molar-refractivity contribution in [1.82, 2.24) is 19.7 Å². The van der Waals surface area contributed by atoms with Gasteiger partial charge in [0.25, 0.3) is 0 Å². The van der Waals surface area contributed by atoms with E-state index in [-0.39, 0.29) is 11.8 Å². The Kier molecular flexibility index (Phi) is 3.91. The molecule has 0 saturated carbocycles. The average molecular weight is 363 g/mol. The number of carbonyl (C=O) groups is 1. The Bertz CT molecular complexity index is 1000. The molecule has 5 rings (SSSR count). The lowest BCUT2D eigenvalue weighted by atomic mass is 9.96. The van der Waals surface area contributed by atoms with Crippen LogP contribution in [-0.2, 0) is 16.6 Å². The van der Waals surface area contributed by atoms with Crippen molar-refractivity contribution in [3.8, 4) is 11.1 Å². The van der Waals surface area contributed by atoms with E-state index in [2.05, 4.69) is 32.4 Å². The molecular formula is C20H21N5O2. The summed E-state index contributed by atoms with van der Waals surface area (Å²) in [4.78, 5) is 19.2. The minimum absolute atomic E-state index is 0.0322. The highest BCUT2D eigenvalue weighted by molar-refractivity contribution is 5.95. The maximum Gasteiger partial charge on any atom is 0.231 e. The van der Waals surface area contributed by atoms with Crippen LogP contribution in [0.15, 0.2) is 42.9 Å². The predicted octanol–water partition coefficient (Wildman–Crippen LogP) is 1.90. The first-order chi connectivity index (χ1) is 13.2. The maximum absolute atomic E-state index is 12.5. The molecular weight excluding hydrogens is 342 g/mol. The summed E-state index contributed by atoms with van der Waals surface area (Å²) in [6.45, 7) is 3.19. The number of hydrogen-bond donors (Lipinski definition) is 1. The molecule has 0 spiro atoms. The van der Waals surface area contributed by atoms with E-state index in [4.69, 9.17) is 4.74 Å². The third-order valence-electron chi connectivity index (χ3n) is 5.43. The maximum atomic E-state index is 12.5. The first-order valence-corrected chi connectivity index (χ1v) is 9.17. The third kappa shape index (κ3) is 3.09. The fourth-order valence-corrected chi connectivity index (χ4v) is 3.60. The average Bonchev–Trinajstić information content (AvgIpc) is 3.01. The Morgan fingerprint density at radius 3 is 2.70 bits per heavy atom. The van der Waals surface area contributed by atoms with Crippen LogP contribution < -0.4 is 5.32 Å². The number of amides is 1. The Balaban J connectivity index is 1.31. The predicted molar refractivity (Wildman–Crippen MR) is 102 cm³/mol. The van der Waals surface area contributed by atoms with Gasteiger partial charge in [0, 0.05) is 43.5 Å². The minimum Gasteiger partial charge on any atom is -0.378 e. The molecule has 138 valence electrons. The molecule has 2 fully saturated rings. The summed E-state index contributed by atoms with van der Waals surface area (Å²) in [7, 11) is 1.90.